The van der Waals surface area contributed by atoms with Gasteiger partial charge < -0.3 is 15.8 Å². The third-order valence-electron chi connectivity index (χ3n) is 4.50. The van der Waals surface area contributed by atoms with Gasteiger partial charge in [-0.05, 0) is 18.4 Å². The first-order valence-corrected chi connectivity index (χ1v) is 8.54. The first-order chi connectivity index (χ1) is 12.7. The standard InChI is InChI=1S/C18H20N6O2/c19-17-12-10-20-15(9-13(12)23-24-17)21-18(25)22-16(14-7-4-8-26-14)11-5-2-1-3-6-11/h1-3,5-6,9-10,14,16H,4,7-8H2,(H3,19,23,24)(H2,20,21,22,25)/t14-,16+/m0/s1. The summed E-state index contributed by atoms with van der Waals surface area (Å²) >= 11 is 0. The predicted octanol–water partition coefficient (Wildman–Crippen LogP) is 2.58. The Hall–Kier alpha value is -3.13. The highest BCUT2D eigenvalue weighted by molar-refractivity contribution is 5.93. The summed E-state index contributed by atoms with van der Waals surface area (Å²) in [6.45, 7) is 0.719. The number of urea groups is 1. The number of H-pyrrole nitrogens is 1. The van der Waals surface area contributed by atoms with E-state index >= 15 is 0 Å². The van der Waals surface area contributed by atoms with Gasteiger partial charge in [0, 0.05) is 18.9 Å². The van der Waals surface area contributed by atoms with E-state index in [0.29, 0.717) is 17.2 Å². The molecule has 2 aromatic heterocycles. The predicted molar refractivity (Wildman–Crippen MR) is 98.6 cm³/mol. The van der Waals surface area contributed by atoms with Gasteiger partial charge in [-0.25, -0.2) is 9.78 Å². The molecule has 0 bridgehead atoms. The Morgan fingerprint density at radius 1 is 1.35 bits per heavy atom. The maximum atomic E-state index is 12.5. The summed E-state index contributed by atoms with van der Waals surface area (Å²) in [7, 11) is 0. The number of carbonyl (C=O) groups is 1. The quantitative estimate of drug-likeness (QED) is 0.575. The van der Waals surface area contributed by atoms with Crippen LogP contribution in [-0.4, -0.2) is 33.9 Å². The molecule has 0 aliphatic carbocycles. The summed E-state index contributed by atoms with van der Waals surface area (Å²) in [4.78, 5) is 16.7. The summed E-state index contributed by atoms with van der Waals surface area (Å²) in [5, 5.41) is 13.2. The van der Waals surface area contributed by atoms with Gasteiger partial charge in [0.25, 0.3) is 0 Å². The third-order valence-corrected chi connectivity index (χ3v) is 4.50. The van der Waals surface area contributed by atoms with Crippen LogP contribution < -0.4 is 16.4 Å². The van der Waals surface area contributed by atoms with Crippen LogP contribution in [0, 0.1) is 0 Å². The molecule has 2 amide bonds. The van der Waals surface area contributed by atoms with Gasteiger partial charge in [-0.15, -0.1) is 0 Å². The first kappa shape index (κ1) is 16.3. The zero-order chi connectivity index (χ0) is 17.9. The maximum Gasteiger partial charge on any atom is 0.320 e. The number of aromatic nitrogens is 3. The highest BCUT2D eigenvalue weighted by Crippen LogP contribution is 2.27. The molecule has 0 saturated carbocycles. The van der Waals surface area contributed by atoms with E-state index in [1.54, 1.807) is 12.3 Å². The Bertz CT molecular complexity index is 904. The lowest BCUT2D eigenvalue weighted by atomic mass is 9.99. The minimum atomic E-state index is -0.339. The number of fused-ring (bicyclic) bond motifs is 1. The van der Waals surface area contributed by atoms with Gasteiger partial charge in [0.15, 0.2) is 5.82 Å². The van der Waals surface area contributed by atoms with Gasteiger partial charge in [-0.1, -0.05) is 30.3 Å². The van der Waals surface area contributed by atoms with Crippen LogP contribution in [0.5, 0.6) is 0 Å². The first-order valence-electron chi connectivity index (χ1n) is 8.54. The zero-order valence-electron chi connectivity index (χ0n) is 14.1. The number of nitrogens with two attached hydrogens (primary N) is 1. The topological polar surface area (TPSA) is 118 Å². The number of hydrogen-bond donors (Lipinski definition) is 4. The fourth-order valence-corrected chi connectivity index (χ4v) is 3.21. The van der Waals surface area contributed by atoms with Crippen LogP contribution in [0.1, 0.15) is 24.4 Å². The van der Waals surface area contributed by atoms with E-state index in [1.807, 2.05) is 30.3 Å². The lowest BCUT2D eigenvalue weighted by Crippen LogP contribution is -2.38. The fourth-order valence-electron chi connectivity index (χ4n) is 3.21. The van der Waals surface area contributed by atoms with Crippen molar-refractivity contribution in [1.29, 1.82) is 0 Å². The molecule has 5 N–H and O–H groups in total. The lowest BCUT2D eigenvalue weighted by Gasteiger charge is -2.24. The number of hydrogen-bond acceptors (Lipinski definition) is 5. The number of ether oxygens (including phenoxy) is 1. The highest BCUT2D eigenvalue weighted by atomic mass is 16.5. The van der Waals surface area contributed by atoms with E-state index in [9.17, 15) is 4.79 Å². The number of aromatic amines is 1. The molecule has 0 spiro atoms. The Morgan fingerprint density at radius 2 is 2.19 bits per heavy atom. The average molecular weight is 352 g/mol. The second-order valence-electron chi connectivity index (χ2n) is 6.26. The van der Waals surface area contributed by atoms with Crippen molar-refractivity contribution in [1.82, 2.24) is 20.5 Å². The molecule has 134 valence electrons. The molecule has 1 fully saturated rings. The summed E-state index contributed by atoms with van der Waals surface area (Å²) in [5.74, 6) is 0.795. The largest absolute Gasteiger partial charge is 0.382 e. The van der Waals surface area contributed by atoms with Crippen LogP contribution in [-0.2, 0) is 4.74 Å². The van der Waals surface area contributed by atoms with Crippen LogP contribution in [0.4, 0.5) is 16.4 Å². The molecule has 1 aromatic carbocycles. The zero-order valence-corrected chi connectivity index (χ0v) is 14.1. The van der Waals surface area contributed by atoms with Crippen molar-refractivity contribution < 1.29 is 9.53 Å². The van der Waals surface area contributed by atoms with Crippen LogP contribution in [0.2, 0.25) is 0 Å². The Balaban J connectivity index is 1.50. The van der Waals surface area contributed by atoms with Crippen molar-refractivity contribution in [2.45, 2.75) is 25.0 Å². The normalized spacial score (nSPS) is 17.9. The van der Waals surface area contributed by atoms with Crippen molar-refractivity contribution >= 4 is 28.6 Å². The van der Waals surface area contributed by atoms with Crippen molar-refractivity contribution in [2.75, 3.05) is 17.7 Å². The van der Waals surface area contributed by atoms with E-state index in [2.05, 4.69) is 25.8 Å². The molecular weight excluding hydrogens is 332 g/mol. The number of rotatable bonds is 4. The monoisotopic (exact) mass is 352 g/mol. The molecule has 8 heteroatoms. The summed E-state index contributed by atoms with van der Waals surface area (Å²) < 4.78 is 5.80. The van der Waals surface area contributed by atoms with Crippen LogP contribution in [0.3, 0.4) is 0 Å². The fraction of sp³-hybridized carbons (Fsp3) is 0.278. The number of pyridine rings is 1. The average Bonchev–Trinajstić information content (AvgIpc) is 3.31. The molecule has 1 aliphatic rings. The lowest BCUT2D eigenvalue weighted by molar-refractivity contribution is 0.0815. The van der Waals surface area contributed by atoms with Crippen molar-refractivity contribution in [3.63, 3.8) is 0 Å². The molecule has 4 rings (SSSR count). The van der Waals surface area contributed by atoms with Crippen molar-refractivity contribution in [3.05, 3.63) is 48.2 Å². The number of nitrogen functional groups attached to an aromatic ring is 1. The number of carbonyl (C=O) groups excluding carboxylic acids is 1. The molecular formula is C18H20N6O2. The number of amides is 2. The molecule has 1 aliphatic heterocycles. The van der Waals surface area contributed by atoms with Gasteiger partial charge in [0.05, 0.1) is 23.0 Å². The number of nitrogens with zero attached hydrogens (tertiary/aromatic N) is 2. The molecule has 3 aromatic rings. The van der Waals surface area contributed by atoms with Crippen molar-refractivity contribution in [2.24, 2.45) is 0 Å². The van der Waals surface area contributed by atoms with Crippen LogP contribution in [0.15, 0.2) is 42.6 Å². The van der Waals surface area contributed by atoms with E-state index in [4.69, 9.17) is 10.5 Å². The van der Waals surface area contributed by atoms with Gasteiger partial charge >= 0.3 is 6.03 Å². The Kier molecular flexibility index (Phi) is 4.40. The molecule has 0 unspecified atom stereocenters. The third kappa shape index (κ3) is 3.31. The molecule has 0 radical (unpaired) electrons. The van der Waals surface area contributed by atoms with Crippen LogP contribution >= 0.6 is 0 Å². The smallest absolute Gasteiger partial charge is 0.320 e. The summed E-state index contributed by atoms with van der Waals surface area (Å²) in [5.41, 5.74) is 7.46. The molecule has 8 nitrogen and oxygen atoms in total. The summed E-state index contributed by atoms with van der Waals surface area (Å²) in [6.07, 6.45) is 3.46. The highest BCUT2D eigenvalue weighted by Gasteiger charge is 2.28. The second-order valence-corrected chi connectivity index (χ2v) is 6.26. The van der Waals surface area contributed by atoms with E-state index in [0.717, 1.165) is 30.4 Å². The van der Waals surface area contributed by atoms with Gasteiger partial charge in [-0.3, -0.25) is 10.4 Å². The summed E-state index contributed by atoms with van der Waals surface area (Å²) in [6, 6.07) is 11.0. The molecule has 1 saturated heterocycles. The number of anilines is 2. The van der Waals surface area contributed by atoms with Gasteiger partial charge in [-0.2, -0.15) is 5.10 Å². The van der Waals surface area contributed by atoms with E-state index < -0.39 is 0 Å². The molecule has 26 heavy (non-hydrogen) atoms. The minimum absolute atomic E-state index is 0.0361. The Morgan fingerprint density at radius 3 is 2.96 bits per heavy atom. The Labute approximate surface area is 150 Å². The molecule has 2 atom stereocenters. The molecule has 3 heterocycles. The van der Waals surface area contributed by atoms with Gasteiger partial charge in [0.1, 0.15) is 5.82 Å². The van der Waals surface area contributed by atoms with Crippen molar-refractivity contribution in [3.8, 4) is 0 Å². The second kappa shape index (κ2) is 7.01. The maximum absolute atomic E-state index is 12.5. The van der Waals surface area contributed by atoms with Crippen LogP contribution in [0.25, 0.3) is 10.9 Å². The SMILES string of the molecule is Nc1n[nH]c2cc(NC(=O)N[C@H](c3ccccc3)[C@@H]3CCCO3)ncc12. The number of nitrogens with one attached hydrogen (secondary N) is 3. The minimum Gasteiger partial charge on any atom is -0.382 e. The van der Waals surface area contributed by atoms with E-state index in [-0.39, 0.29) is 18.2 Å². The number of benzene rings is 1. The van der Waals surface area contributed by atoms with E-state index in [1.165, 1.54) is 0 Å². The van der Waals surface area contributed by atoms with Gasteiger partial charge in [0.2, 0.25) is 0 Å².